The van der Waals surface area contributed by atoms with E-state index in [9.17, 15) is 5.11 Å². The van der Waals surface area contributed by atoms with Gasteiger partial charge >= 0.3 is 0 Å². The first-order valence-electron chi connectivity index (χ1n) is 5.81. The van der Waals surface area contributed by atoms with Crippen LogP contribution in [0.5, 0.6) is 5.75 Å². The zero-order valence-electron chi connectivity index (χ0n) is 10.6. The summed E-state index contributed by atoms with van der Waals surface area (Å²) in [6.45, 7) is 2.64. The lowest BCUT2D eigenvalue weighted by Crippen LogP contribution is -2.10. The highest BCUT2D eigenvalue weighted by Gasteiger charge is 2.22. The number of benzene rings is 1. The number of aliphatic hydroxyl groups excluding tert-OH is 1. The first kappa shape index (κ1) is 14.4. The molecule has 0 saturated carbocycles. The molecule has 4 nitrogen and oxygen atoms in total. The van der Waals surface area contributed by atoms with Gasteiger partial charge in [0.1, 0.15) is 11.9 Å². The van der Waals surface area contributed by atoms with Crippen molar-refractivity contribution in [2.75, 3.05) is 7.11 Å². The molecule has 2 aromatic rings. The summed E-state index contributed by atoms with van der Waals surface area (Å²) in [6, 6.07) is 5.16. The van der Waals surface area contributed by atoms with Crippen molar-refractivity contribution in [1.82, 2.24) is 9.78 Å². The van der Waals surface area contributed by atoms with E-state index in [4.69, 9.17) is 16.3 Å². The largest absolute Gasteiger partial charge is 0.496 e. The van der Waals surface area contributed by atoms with Crippen LogP contribution in [-0.4, -0.2) is 22.0 Å². The van der Waals surface area contributed by atoms with Crippen molar-refractivity contribution in [3.05, 3.63) is 45.1 Å². The Balaban J connectivity index is 2.49. The van der Waals surface area contributed by atoms with Gasteiger partial charge in [-0.15, -0.1) is 0 Å². The summed E-state index contributed by atoms with van der Waals surface area (Å²) < 4.78 is 7.77. The van der Waals surface area contributed by atoms with E-state index in [1.807, 2.05) is 6.92 Å². The zero-order chi connectivity index (χ0) is 14.0. The minimum atomic E-state index is -0.830. The molecule has 2 rings (SSSR count). The van der Waals surface area contributed by atoms with Gasteiger partial charge in [0.25, 0.3) is 0 Å². The smallest absolute Gasteiger partial charge is 0.126 e. The maximum atomic E-state index is 10.6. The number of rotatable bonds is 4. The second-order valence-corrected chi connectivity index (χ2v) is 5.27. The summed E-state index contributed by atoms with van der Waals surface area (Å²) in [5.74, 6) is 0.552. The van der Waals surface area contributed by atoms with E-state index in [1.165, 1.54) is 0 Å². The maximum Gasteiger partial charge on any atom is 0.126 e. The van der Waals surface area contributed by atoms with Crippen LogP contribution in [0.1, 0.15) is 24.3 Å². The molecule has 102 valence electrons. The molecule has 0 aliphatic rings. The molecule has 6 heteroatoms. The Labute approximate surface area is 125 Å². The van der Waals surface area contributed by atoms with Gasteiger partial charge in [-0.2, -0.15) is 5.10 Å². The molecule has 0 spiro atoms. The minimum absolute atomic E-state index is 0.552. The molecule has 0 bridgehead atoms. The van der Waals surface area contributed by atoms with Crippen LogP contribution >= 0.6 is 27.5 Å². The topological polar surface area (TPSA) is 47.3 Å². The first-order valence-corrected chi connectivity index (χ1v) is 6.98. The van der Waals surface area contributed by atoms with E-state index < -0.39 is 6.10 Å². The van der Waals surface area contributed by atoms with Crippen molar-refractivity contribution >= 4 is 27.5 Å². The highest BCUT2D eigenvalue weighted by molar-refractivity contribution is 9.10. The van der Waals surface area contributed by atoms with E-state index in [0.29, 0.717) is 28.6 Å². The number of aromatic nitrogens is 2. The number of nitrogens with zero attached hydrogens (tertiary/aromatic N) is 2. The van der Waals surface area contributed by atoms with Gasteiger partial charge in [0, 0.05) is 17.1 Å². The fraction of sp³-hybridized carbons (Fsp3) is 0.308. The van der Waals surface area contributed by atoms with E-state index >= 15 is 0 Å². The monoisotopic (exact) mass is 344 g/mol. The lowest BCUT2D eigenvalue weighted by atomic mass is 10.1. The van der Waals surface area contributed by atoms with Crippen LogP contribution in [0, 0.1) is 0 Å². The summed E-state index contributed by atoms with van der Waals surface area (Å²) in [6.07, 6.45) is 0.841. The second-order valence-electron chi connectivity index (χ2n) is 3.98. The average molecular weight is 346 g/mol. The molecule has 1 N–H and O–H groups in total. The third-order valence-electron chi connectivity index (χ3n) is 2.88. The molecule has 1 atom stereocenters. The second kappa shape index (κ2) is 5.94. The molecule has 1 unspecified atom stereocenters. The molecule has 0 saturated heterocycles. The van der Waals surface area contributed by atoms with Gasteiger partial charge in [0.2, 0.25) is 0 Å². The highest BCUT2D eigenvalue weighted by atomic mass is 79.9. The van der Waals surface area contributed by atoms with Crippen LogP contribution in [0.2, 0.25) is 5.02 Å². The zero-order valence-corrected chi connectivity index (χ0v) is 12.9. The van der Waals surface area contributed by atoms with Gasteiger partial charge < -0.3 is 9.84 Å². The highest BCUT2D eigenvalue weighted by Crippen LogP contribution is 2.34. The van der Waals surface area contributed by atoms with E-state index in [2.05, 4.69) is 21.0 Å². The molecular weight excluding hydrogens is 332 g/mol. The third-order valence-corrected chi connectivity index (χ3v) is 3.73. The van der Waals surface area contributed by atoms with E-state index in [-0.39, 0.29) is 0 Å². The van der Waals surface area contributed by atoms with Crippen LogP contribution in [0.25, 0.3) is 0 Å². The van der Waals surface area contributed by atoms with Crippen molar-refractivity contribution < 1.29 is 9.84 Å². The summed E-state index contributed by atoms with van der Waals surface area (Å²) in [7, 11) is 1.55. The van der Waals surface area contributed by atoms with Gasteiger partial charge in [-0.1, -0.05) is 17.7 Å². The SMILES string of the molecule is CCn1ncc(Br)c1C(O)c1ccc(Cl)cc1OC. The number of aliphatic hydroxyl groups is 1. The predicted octanol–water partition coefficient (Wildman–Crippen LogP) is 3.41. The average Bonchev–Trinajstić information content (AvgIpc) is 2.78. The number of aryl methyl sites for hydroxylation is 1. The van der Waals surface area contributed by atoms with Gasteiger partial charge in [-0.05, 0) is 35.0 Å². The van der Waals surface area contributed by atoms with E-state index in [0.717, 1.165) is 4.47 Å². The Morgan fingerprint density at radius 3 is 2.89 bits per heavy atom. The third kappa shape index (κ3) is 2.78. The Morgan fingerprint density at radius 2 is 2.26 bits per heavy atom. The Morgan fingerprint density at radius 1 is 1.53 bits per heavy atom. The molecular formula is C13H14BrClN2O2. The number of hydrogen-bond donors (Lipinski definition) is 1. The van der Waals surface area contributed by atoms with Gasteiger partial charge in [-0.3, -0.25) is 4.68 Å². The molecule has 1 heterocycles. The fourth-order valence-corrected chi connectivity index (χ4v) is 2.63. The summed E-state index contributed by atoms with van der Waals surface area (Å²) in [4.78, 5) is 0. The van der Waals surface area contributed by atoms with Crippen molar-refractivity contribution in [1.29, 1.82) is 0 Å². The number of halogens is 2. The fourth-order valence-electron chi connectivity index (χ4n) is 1.95. The maximum absolute atomic E-state index is 10.6. The lowest BCUT2D eigenvalue weighted by molar-refractivity contribution is 0.202. The molecule has 1 aromatic carbocycles. The molecule has 1 aromatic heterocycles. The van der Waals surface area contributed by atoms with Crippen LogP contribution in [0.3, 0.4) is 0 Å². The lowest BCUT2D eigenvalue weighted by Gasteiger charge is -2.16. The molecule has 0 fully saturated rings. The summed E-state index contributed by atoms with van der Waals surface area (Å²) >= 11 is 9.33. The van der Waals surface area contributed by atoms with Crippen molar-refractivity contribution in [2.24, 2.45) is 0 Å². The van der Waals surface area contributed by atoms with Crippen molar-refractivity contribution in [3.63, 3.8) is 0 Å². The molecule has 0 aliphatic carbocycles. The summed E-state index contributed by atoms with van der Waals surface area (Å²) in [5.41, 5.74) is 1.35. The Bertz CT molecular complexity index is 586. The van der Waals surface area contributed by atoms with Crippen molar-refractivity contribution in [3.8, 4) is 5.75 Å². The molecule has 0 radical (unpaired) electrons. The van der Waals surface area contributed by atoms with Crippen LogP contribution in [0.15, 0.2) is 28.9 Å². The normalized spacial score (nSPS) is 12.5. The number of ether oxygens (including phenoxy) is 1. The number of hydrogen-bond acceptors (Lipinski definition) is 3. The van der Waals surface area contributed by atoms with E-state index in [1.54, 1.807) is 36.2 Å². The molecule has 0 aliphatic heterocycles. The van der Waals surface area contributed by atoms with Gasteiger partial charge in [0.15, 0.2) is 0 Å². The molecule has 19 heavy (non-hydrogen) atoms. The number of methoxy groups -OCH3 is 1. The first-order chi connectivity index (χ1) is 9.08. The van der Waals surface area contributed by atoms with Crippen LogP contribution in [-0.2, 0) is 6.54 Å². The predicted molar refractivity (Wildman–Crippen MR) is 77.7 cm³/mol. The standard InChI is InChI=1S/C13H14BrClN2O2/c1-3-17-12(10(14)7-16-17)13(18)9-5-4-8(15)6-11(9)19-2/h4-7,13,18H,3H2,1-2H3. The van der Waals surface area contributed by atoms with Crippen molar-refractivity contribution in [2.45, 2.75) is 19.6 Å². The minimum Gasteiger partial charge on any atom is -0.496 e. The molecule has 0 amide bonds. The van der Waals surface area contributed by atoms with Crippen LogP contribution < -0.4 is 4.74 Å². The van der Waals surface area contributed by atoms with Gasteiger partial charge in [0.05, 0.1) is 23.5 Å². The summed E-state index contributed by atoms with van der Waals surface area (Å²) in [5, 5.41) is 15.3. The van der Waals surface area contributed by atoms with Gasteiger partial charge in [-0.25, -0.2) is 0 Å². The Hall–Kier alpha value is -1.04. The van der Waals surface area contributed by atoms with Crippen LogP contribution in [0.4, 0.5) is 0 Å². The Kier molecular flexibility index (Phi) is 4.50. The quantitative estimate of drug-likeness (QED) is 0.924.